The quantitative estimate of drug-likeness (QED) is 0.697. The third-order valence-corrected chi connectivity index (χ3v) is 5.13. The molecule has 0 heterocycles. The summed E-state index contributed by atoms with van der Waals surface area (Å²) in [6.45, 7) is 1.37. The molecule has 1 aliphatic carbocycles. The van der Waals surface area contributed by atoms with Gasteiger partial charge in [-0.25, -0.2) is 0 Å². The fourth-order valence-corrected chi connectivity index (χ4v) is 3.14. The van der Waals surface area contributed by atoms with Crippen LogP contribution in [0.4, 0.5) is 5.69 Å². The van der Waals surface area contributed by atoms with E-state index in [0.29, 0.717) is 18.3 Å². The summed E-state index contributed by atoms with van der Waals surface area (Å²) in [6.07, 6.45) is 3.31. The van der Waals surface area contributed by atoms with Gasteiger partial charge in [-0.05, 0) is 44.0 Å². The molecule has 0 saturated heterocycles. The minimum atomic E-state index is -3.48. The van der Waals surface area contributed by atoms with Gasteiger partial charge in [0.05, 0.1) is 5.69 Å². The summed E-state index contributed by atoms with van der Waals surface area (Å²) in [4.78, 5) is 0. The monoisotopic (exact) mass is 361 g/mol. The molecular formula is C13H20BrN3O2S. The second-order valence-electron chi connectivity index (χ2n) is 5.02. The Morgan fingerprint density at radius 1 is 1.40 bits per heavy atom. The molecule has 2 rings (SSSR count). The number of nitrogens with one attached hydrogen (secondary N) is 2. The van der Waals surface area contributed by atoms with Gasteiger partial charge in [0.25, 0.3) is 0 Å². The number of nitrogens with zero attached hydrogens (tertiary/aromatic N) is 1. The zero-order chi connectivity index (χ0) is 14.6. The van der Waals surface area contributed by atoms with E-state index in [1.165, 1.54) is 17.1 Å². The van der Waals surface area contributed by atoms with Crippen molar-refractivity contribution in [3.8, 4) is 0 Å². The molecule has 0 amide bonds. The number of benzene rings is 1. The van der Waals surface area contributed by atoms with Crippen molar-refractivity contribution < 1.29 is 8.42 Å². The topological polar surface area (TPSA) is 61.4 Å². The standard InChI is InChI=1S/C13H20BrN3O2S/c1-17(9-3-8-15-12-6-7-12)20(18,19)16-13-5-2-4-11(14)10-13/h2,4-5,10,12,15-16H,3,6-9H2,1H3. The SMILES string of the molecule is CN(CCCNC1CC1)S(=O)(=O)Nc1cccc(Br)c1. The zero-order valence-electron chi connectivity index (χ0n) is 11.5. The Kier molecular flexibility index (Phi) is 5.42. The van der Waals surface area contributed by atoms with Gasteiger partial charge in [-0.1, -0.05) is 22.0 Å². The third-order valence-electron chi connectivity index (χ3n) is 3.14. The molecule has 1 fully saturated rings. The highest BCUT2D eigenvalue weighted by atomic mass is 79.9. The smallest absolute Gasteiger partial charge is 0.301 e. The lowest BCUT2D eigenvalue weighted by atomic mass is 10.3. The van der Waals surface area contributed by atoms with Crippen molar-refractivity contribution in [2.45, 2.75) is 25.3 Å². The highest BCUT2D eigenvalue weighted by Crippen LogP contribution is 2.19. The highest BCUT2D eigenvalue weighted by Gasteiger charge is 2.20. The Labute approximate surface area is 129 Å². The molecule has 0 unspecified atom stereocenters. The average Bonchev–Trinajstić information content (AvgIpc) is 3.17. The number of hydrogen-bond donors (Lipinski definition) is 2. The molecule has 1 aliphatic rings. The zero-order valence-corrected chi connectivity index (χ0v) is 13.9. The van der Waals surface area contributed by atoms with E-state index in [9.17, 15) is 8.42 Å². The van der Waals surface area contributed by atoms with Crippen molar-refractivity contribution in [2.24, 2.45) is 0 Å². The van der Waals surface area contributed by atoms with Crippen LogP contribution in [0.15, 0.2) is 28.7 Å². The molecule has 2 N–H and O–H groups in total. The molecule has 0 spiro atoms. The first-order valence-corrected chi connectivity index (χ1v) is 8.94. The first-order valence-electron chi connectivity index (χ1n) is 6.70. The second-order valence-corrected chi connectivity index (χ2v) is 7.71. The summed E-state index contributed by atoms with van der Waals surface area (Å²) in [7, 11) is -1.89. The van der Waals surface area contributed by atoms with Crippen LogP contribution in [0.25, 0.3) is 0 Å². The number of rotatable bonds is 8. The second kappa shape index (κ2) is 6.89. The van der Waals surface area contributed by atoms with Crippen LogP contribution >= 0.6 is 15.9 Å². The predicted molar refractivity (Wildman–Crippen MR) is 85.0 cm³/mol. The maximum atomic E-state index is 12.1. The summed E-state index contributed by atoms with van der Waals surface area (Å²) in [5, 5.41) is 3.37. The molecule has 1 aromatic rings. The minimum Gasteiger partial charge on any atom is -0.314 e. The molecule has 7 heteroatoms. The molecule has 0 aromatic heterocycles. The number of hydrogen-bond acceptors (Lipinski definition) is 3. The van der Waals surface area contributed by atoms with Crippen molar-refractivity contribution >= 4 is 31.8 Å². The fourth-order valence-electron chi connectivity index (χ4n) is 1.79. The van der Waals surface area contributed by atoms with Crippen molar-refractivity contribution in [3.63, 3.8) is 0 Å². The number of halogens is 1. The van der Waals surface area contributed by atoms with Gasteiger partial charge >= 0.3 is 10.2 Å². The third kappa shape index (κ3) is 5.05. The minimum absolute atomic E-state index is 0.503. The Morgan fingerprint density at radius 2 is 2.15 bits per heavy atom. The maximum Gasteiger partial charge on any atom is 0.301 e. The van der Waals surface area contributed by atoms with E-state index in [-0.39, 0.29) is 0 Å². The van der Waals surface area contributed by atoms with Crippen molar-refractivity contribution in [1.82, 2.24) is 9.62 Å². The molecule has 1 saturated carbocycles. The average molecular weight is 362 g/mol. The van der Waals surface area contributed by atoms with E-state index in [2.05, 4.69) is 26.0 Å². The summed E-state index contributed by atoms with van der Waals surface area (Å²) in [5.74, 6) is 0. The lowest BCUT2D eigenvalue weighted by Gasteiger charge is -2.18. The van der Waals surface area contributed by atoms with Gasteiger partial charge in [-0.2, -0.15) is 12.7 Å². The van der Waals surface area contributed by atoms with E-state index >= 15 is 0 Å². The van der Waals surface area contributed by atoms with E-state index in [4.69, 9.17) is 0 Å². The van der Waals surface area contributed by atoms with Crippen molar-refractivity contribution in [1.29, 1.82) is 0 Å². The van der Waals surface area contributed by atoms with Crippen LogP contribution in [-0.2, 0) is 10.2 Å². The van der Waals surface area contributed by atoms with E-state index in [1.54, 1.807) is 25.2 Å². The molecule has 1 aromatic carbocycles. The van der Waals surface area contributed by atoms with Crippen molar-refractivity contribution in [2.75, 3.05) is 24.9 Å². The molecular weight excluding hydrogens is 342 g/mol. The largest absolute Gasteiger partial charge is 0.314 e. The Morgan fingerprint density at radius 3 is 2.80 bits per heavy atom. The predicted octanol–water partition coefficient (Wildman–Crippen LogP) is 2.18. The fraction of sp³-hybridized carbons (Fsp3) is 0.538. The summed E-state index contributed by atoms with van der Waals surface area (Å²) >= 11 is 3.32. The van der Waals surface area contributed by atoms with Crippen LogP contribution in [0.1, 0.15) is 19.3 Å². The maximum absolute atomic E-state index is 12.1. The summed E-state index contributed by atoms with van der Waals surface area (Å²) in [6, 6.07) is 7.77. The summed E-state index contributed by atoms with van der Waals surface area (Å²) < 4.78 is 29.0. The molecule has 5 nitrogen and oxygen atoms in total. The number of anilines is 1. The van der Waals surface area contributed by atoms with Crippen LogP contribution < -0.4 is 10.0 Å². The molecule has 0 bridgehead atoms. The Balaban J connectivity index is 1.81. The van der Waals surface area contributed by atoms with Gasteiger partial charge in [-0.3, -0.25) is 4.72 Å². The van der Waals surface area contributed by atoms with Crippen LogP contribution in [-0.4, -0.2) is 38.9 Å². The normalized spacial score (nSPS) is 15.6. The van der Waals surface area contributed by atoms with Gasteiger partial charge in [-0.15, -0.1) is 0 Å². The van der Waals surface area contributed by atoms with Gasteiger partial charge in [0.1, 0.15) is 0 Å². The van der Waals surface area contributed by atoms with Crippen molar-refractivity contribution in [3.05, 3.63) is 28.7 Å². The van der Waals surface area contributed by atoms with Gasteiger partial charge < -0.3 is 5.32 Å². The molecule has 0 atom stereocenters. The van der Waals surface area contributed by atoms with Gasteiger partial charge in [0, 0.05) is 24.1 Å². The van der Waals surface area contributed by atoms with Crippen LogP contribution in [0, 0.1) is 0 Å². The van der Waals surface area contributed by atoms with Crippen LogP contribution in [0.2, 0.25) is 0 Å². The van der Waals surface area contributed by atoms with Crippen LogP contribution in [0.5, 0.6) is 0 Å². The lowest BCUT2D eigenvalue weighted by Crippen LogP contribution is -2.34. The Bertz CT molecular complexity index is 546. The van der Waals surface area contributed by atoms with Gasteiger partial charge in [0.2, 0.25) is 0 Å². The van der Waals surface area contributed by atoms with Crippen LogP contribution in [0.3, 0.4) is 0 Å². The molecule has 20 heavy (non-hydrogen) atoms. The van der Waals surface area contributed by atoms with Gasteiger partial charge in [0.15, 0.2) is 0 Å². The summed E-state index contributed by atoms with van der Waals surface area (Å²) in [5.41, 5.74) is 0.558. The van der Waals surface area contributed by atoms with E-state index < -0.39 is 10.2 Å². The first kappa shape index (κ1) is 15.8. The Hall–Kier alpha value is -0.630. The molecule has 0 radical (unpaired) electrons. The molecule has 0 aliphatic heterocycles. The first-order chi connectivity index (χ1) is 9.47. The highest BCUT2D eigenvalue weighted by molar-refractivity contribution is 9.10. The van der Waals surface area contributed by atoms with E-state index in [1.807, 2.05) is 6.07 Å². The van der Waals surface area contributed by atoms with E-state index in [0.717, 1.165) is 17.4 Å². The lowest BCUT2D eigenvalue weighted by molar-refractivity contribution is 0.458. The molecule has 112 valence electrons.